The Kier molecular flexibility index (Phi) is 4.46. The van der Waals surface area contributed by atoms with Crippen LogP contribution in [0.2, 0.25) is 0 Å². The summed E-state index contributed by atoms with van der Waals surface area (Å²) < 4.78 is 14.8. The van der Waals surface area contributed by atoms with E-state index in [0.717, 1.165) is 34.2 Å². The molecule has 1 aromatic rings. The molecule has 1 nitrogen and oxygen atoms in total. The molecule has 0 amide bonds. The van der Waals surface area contributed by atoms with E-state index in [1.165, 1.54) is 32.1 Å². The molecular formula is C17H23BrFN. The van der Waals surface area contributed by atoms with Gasteiger partial charge in [-0.05, 0) is 74.6 Å². The molecule has 4 unspecified atom stereocenters. The van der Waals surface area contributed by atoms with Gasteiger partial charge in [0.25, 0.3) is 0 Å². The van der Waals surface area contributed by atoms with Crippen LogP contribution in [-0.2, 0) is 6.42 Å². The summed E-state index contributed by atoms with van der Waals surface area (Å²) in [7, 11) is 2.01. The van der Waals surface area contributed by atoms with Gasteiger partial charge >= 0.3 is 0 Å². The molecule has 0 radical (unpaired) electrons. The zero-order valence-corrected chi connectivity index (χ0v) is 13.6. The maximum Gasteiger partial charge on any atom is 0.127 e. The van der Waals surface area contributed by atoms with Gasteiger partial charge in [0.05, 0.1) is 0 Å². The van der Waals surface area contributed by atoms with Crippen molar-refractivity contribution in [1.29, 1.82) is 0 Å². The molecule has 2 bridgehead atoms. The molecule has 1 N–H and O–H groups in total. The molecule has 2 aliphatic rings. The molecule has 110 valence electrons. The lowest BCUT2D eigenvalue weighted by Crippen LogP contribution is -2.31. The van der Waals surface area contributed by atoms with Crippen LogP contribution >= 0.6 is 15.9 Å². The van der Waals surface area contributed by atoms with Crippen molar-refractivity contribution >= 4 is 15.9 Å². The minimum atomic E-state index is -0.0902. The van der Waals surface area contributed by atoms with Crippen molar-refractivity contribution in [2.45, 2.75) is 44.6 Å². The summed E-state index contributed by atoms with van der Waals surface area (Å²) in [4.78, 5) is 0. The molecule has 2 saturated carbocycles. The van der Waals surface area contributed by atoms with E-state index in [2.05, 4.69) is 21.2 Å². The van der Waals surface area contributed by atoms with Crippen molar-refractivity contribution in [3.63, 3.8) is 0 Å². The largest absolute Gasteiger partial charge is 0.317 e. The van der Waals surface area contributed by atoms with E-state index in [-0.39, 0.29) is 5.82 Å². The third-order valence-electron chi connectivity index (χ3n) is 5.36. The fraction of sp³-hybridized carbons (Fsp3) is 0.647. The third-order valence-corrected chi connectivity index (χ3v) is 5.85. The normalized spacial score (nSPS) is 29.9. The lowest BCUT2D eigenvalue weighted by Gasteiger charge is -2.26. The fourth-order valence-corrected chi connectivity index (χ4v) is 4.62. The van der Waals surface area contributed by atoms with Gasteiger partial charge < -0.3 is 5.32 Å². The molecule has 2 aliphatic carbocycles. The zero-order chi connectivity index (χ0) is 14.1. The molecule has 20 heavy (non-hydrogen) atoms. The van der Waals surface area contributed by atoms with Crippen LogP contribution in [0.5, 0.6) is 0 Å². The van der Waals surface area contributed by atoms with Crippen molar-refractivity contribution in [2.24, 2.45) is 17.8 Å². The summed E-state index contributed by atoms with van der Waals surface area (Å²) in [5.41, 5.74) is 0.829. The number of hydrogen-bond donors (Lipinski definition) is 1. The smallest absolute Gasteiger partial charge is 0.127 e. The molecule has 0 spiro atoms. The van der Waals surface area contributed by atoms with E-state index in [9.17, 15) is 4.39 Å². The Morgan fingerprint density at radius 3 is 2.80 bits per heavy atom. The summed E-state index contributed by atoms with van der Waals surface area (Å²) in [6.07, 6.45) is 7.74. The average molecular weight is 340 g/mol. The number of nitrogens with one attached hydrogen (secondary N) is 1. The Labute approximate surface area is 129 Å². The lowest BCUT2D eigenvalue weighted by atomic mass is 9.83. The second-order valence-electron chi connectivity index (χ2n) is 6.60. The molecule has 1 aromatic carbocycles. The third kappa shape index (κ3) is 3.09. The van der Waals surface area contributed by atoms with Gasteiger partial charge in [0.1, 0.15) is 5.82 Å². The summed E-state index contributed by atoms with van der Waals surface area (Å²) in [5.74, 6) is 2.72. The Bertz CT molecular complexity index is 476. The monoisotopic (exact) mass is 339 g/mol. The number of fused-ring (bicyclic) bond motifs is 2. The standard InChI is InChI=1S/C17H23BrFN/c1-20-16(8-13-4-5-15(18)10-17(13)19)9-14-7-11-2-3-12(14)6-11/h4-5,10-12,14,16,20H,2-3,6-9H2,1H3. The van der Waals surface area contributed by atoms with E-state index in [4.69, 9.17) is 0 Å². The SMILES string of the molecule is CNC(Cc1ccc(Br)cc1F)CC1CC2CCC1C2. The van der Waals surface area contributed by atoms with Gasteiger partial charge in [0.15, 0.2) is 0 Å². The van der Waals surface area contributed by atoms with Crippen LogP contribution in [0.3, 0.4) is 0 Å². The highest BCUT2D eigenvalue weighted by molar-refractivity contribution is 9.10. The van der Waals surface area contributed by atoms with Crippen molar-refractivity contribution in [3.05, 3.63) is 34.1 Å². The lowest BCUT2D eigenvalue weighted by molar-refractivity contribution is 0.281. The van der Waals surface area contributed by atoms with E-state index in [1.54, 1.807) is 6.07 Å². The topological polar surface area (TPSA) is 12.0 Å². The first-order chi connectivity index (χ1) is 9.65. The number of rotatable bonds is 5. The summed E-state index contributed by atoms with van der Waals surface area (Å²) in [6, 6.07) is 5.81. The van der Waals surface area contributed by atoms with Gasteiger partial charge in [-0.1, -0.05) is 28.4 Å². The van der Waals surface area contributed by atoms with Gasteiger partial charge in [-0.25, -0.2) is 4.39 Å². The molecule has 0 heterocycles. The van der Waals surface area contributed by atoms with Gasteiger partial charge in [-0.3, -0.25) is 0 Å². The minimum Gasteiger partial charge on any atom is -0.317 e. The quantitative estimate of drug-likeness (QED) is 0.829. The van der Waals surface area contributed by atoms with E-state index < -0.39 is 0 Å². The highest BCUT2D eigenvalue weighted by Crippen LogP contribution is 2.50. The molecule has 4 atom stereocenters. The van der Waals surface area contributed by atoms with Crippen LogP contribution < -0.4 is 5.32 Å². The maximum absolute atomic E-state index is 14.0. The van der Waals surface area contributed by atoms with Crippen LogP contribution in [-0.4, -0.2) is 13.1 Å². The van der Waals surface area contributed by atoms with E-state index in [0.29, 0.717) is 6.04 Å². The number of halogens is 2. The predicted molar refractivity (Wildman–Crippen MR) is 84.2 cm³/mol. The first-order valence-electron chi connectivity index (χ1n) is 7.77. The molecule has 0 aliphatic heterocycles. The minimum absolute atomic E-state index is 0.0902. The van der Waals surface area contributed by atoms with Crippen LogP contribution in [0.25, 0.3) is 0 Å². The van der Waals surface area contributed by atoms with Crippen LogP contribution in [0, 0.1) is 23.6 Å². The van der Waals surface area contributed by atoms with Crippen molar-refractivity contribution in [2.75, 3.05) is 7.05 Å². The predicted octanol–water partition coefficient (Wildman–Crippen LogP) is 4.55. The Morgan fingerprint density at radius 2 is 2.20 bits per heavy atom. The van der Waals surface area contributed by atoms with E-state index in [1.807, 2.05) is 19.2 Å². The highest BCUT2D eigenvalue weighted by atomic mass is 79.9. The van der Waals surface area contributed by atoms with Crippen LogP contribution in [0.4, 0.5) is 4.39 Å². The zero-order valence-electron chi connectivity index (χ0n) is 12.0. The maximum atomic E-state index is 14.0. The van der Waals surface area contributed by atoms with Gasteiger partial charge in [0, 0.05) is 10.5 Å². The number of hydrogen-bond acceptors (Lipinski definition) is 1. The summed E-state index contributed by atoms with van der Waals surface area (Å²) in [5, 5.41) is 3.40. The summed E-state index contributed by atoms with van der Waals surface area (Å²) in [6.45, 7) is 0. The Balaban J connectivity index is 1.62. The van der Waals surface area contributed by atoms with Crippen molar-refractivity contribution in [1.82, 2.24) is 5.32 Å². The second kappa shape index (κ2) is 6.15. The average Bonchev–Trinajstić information content (AvgIpc) is 3.03. The fourth-order valence-electron chi connectivity index (χ4n) is 4.29. The molecule has 0 saturated heterocycles. The second-order valence-corrected chi connectivity index (χ2v) is 7.51. The number of likely N-dealkylation sites (N-methyl/N-ethyl adjacent to an activating group) is 1. The Morgan fingerprint density at radius 1 is 1.35 bits per heavy atom. The van der Waals surface area contributed by atoms with Crippen molar-refractivity contribution < 1.29 is 4.39 Å². The van der Waals surface area contributed by atoms with Gasteiger partial charge in [-0.15, -0.1) is 0 Å². The van der Waals surface area contributed by atoms with Crippen molar-refractivity contribution in [3.8, 4) is 0 Å². The van der Waals surface area contributed by atoms with Gasteiger partial charge in [-0.2, -0.15) is 0 Å². The van der Waals surface area contributed by atoms with Crippen LogP contribution in [0.15, 0.2) is 22.7 Å². The molecular weight excluding hydrogens is 317 g/mol. The first kappa shape index (κ1) is 14.5. The highest BCUT2D eigenvalue weighted by Gasteiger charge is 2.39. The molecule has 2 fully saturated rings. The first-order valence-corrected chi connectivity index (χ1v) is 8.56. The van der Waals surface area contributed by atoms with Gasteiger partial charge in [0.2, 0.25) is 0 Å². The Hall–Kier alpha value is -0.410. The molecule has 0 aromatic heterocycles. The van der Waals surface area contributed by atoms with Crippen LogP contribution in [0.1, 0.15) is 37.7 Å². The number of benzene rings is 1. The van der Waals surface area contributed by atoms with E-state index >= 15 is 0 Å². The molecule has 3 rings (SSSR count). The summed E-state index contributed by atoms with van der Waals surface area (Å²) >= 11 is 3.32. The molecule has 3 heteroatoms.